The van der Waals surface area contributed by atoms with Crippen LogP contribution >= 0.6 is 0 Å². The van der Waals surface area contributed by atoms with Crippen LogP contribution in [0, 0.1) is 5.41 Å². The van der Waals surface area contributed by atoms with Crippen molar-refractivity contribution in [2.45, 2.75) is 58.1 Å². The van der Waals surface area contributed by atoms with Gasteiger partial charge in [-0.25, -0.2) is 9.59 Å². The molecule has 0 aromatic heterocycles. The van der Waals surface area contributed by atoms with Gasteiger partial charge in [-0.1, -0.05) is 0 Å². The summed E-state index contributed by atoms with van der Waals surface area (Å²) in [4.78, 5) is 36.2. The van der Waals surface area contributed by atoms with Crippen LogP contribution in [-0.4, -0.2) is 52.7 Å². The van der Waals surface area contributed by atoms with E-state index in [1.807, 2.05) is 0 Å². The fourth-order valence-corrected chi connectivity index (χ4v) is 3.35. The van der Waals surface area contributed by atoms with Crippen molar-refractivity contribution in [2.75, 3.05) is 13.1 Å². The minimum Gasteiger partial charge on any atom is -0.465 e. The first-order chi connectivity index (χ1) is 10.1. The van der Waals surface area contributed by atoms with Crippen molar-refractivity contribution in [3.63, 3.8) is 0 Å². The molecule has 7 heteroatoms. The number of Topliss-reactive ketones (excluding diaryl/α,β-unsaturated/α-hetero) is 1. The van der Waals surface area contributed by atoms with E-state index in [0.717, 1.165) is 0 Å². The van der Waals surface area contributed by atoms with Crippen LogP contribution in [0.2, 0.25) is 0 Å². The van der Waals surface area contributed by atoms with Crippen molar-refractivity contribution in [1.29, 1.82) is 0 Å². The number of nitrogens with zero attached hydrogens (tertiary/aromatic N) is 1. The highest BCUT2D eigenvalue weighted by Gasteiger charge is 2.49. The maximum Gasteiger partial charge on any atom is 0.407 e. The SMILES string of the molecule is CC(C)(C)OC(=O)NC1CC(=O)CC12CCN(C(=O)O)CC2. The van der Waals surface area contributed by atoms with Gasteiger partial charge in [-0.3, -0.25) is 4.79 Å². The fourth-order valence-electron chi connectivity index (χ4n) is 3.35. The van der Waals surface area contributed by atoms with Crippen LogP contribution in [0.25, 0.3) is 0 Å². The highest BCUT2D eigenvalue weighted by molar-refractivity contribution is 5.84. The standard InChI is InChI=1S/C15H24N2O5/c1-14(2,3)22-12(19)16-11-8-10(18)9-15(11)4-6-17(7-5-15)13(20)21/h11H,4-9H2,1-3H3,(H,16,19)(H,20,21). The van der Waals surface area contributed by atoms with E-state index in [1.165, 1.54) is 4.90 Å². The Hall–Kier alpha value is -1.79. The maximum absolute atomic E-state index is 12.0. The summed E-state index contributed by atoms with van der Waals surface area (Å²) < 4.78 is 5.26. The van der Waals surface area contributed by atoms with Gasteiger partial charge in [-0.15, -0.1) is 0 Å². The van der Waals surface area contributed by atoms with Crippen LogP contribution in [0.15, 0.2) is 0 Å². The average Bonchev–Trinajstić information content (AvgIpc) is 2.63. The summed E-state index contributed by atoms with van der Waals surface area (Å²) in [5, 5.41) is 11.9. The van der Waals surface area contributed by atoms with Crippen LogP contribution in [0.4, 0.5) is 9.59 Å². The lowest BCUT2D eigenvalue weighted by atomic mass is 9.74. The summed E-state index contributed by atoms with van der Waals surface area (Å²) in [6.45, 7) is 6.15. The van der Waals surface area contributed by atoms with E-state index in [1.54, 1.807) is 20.8 Å². The van der Waals surface area contributed by atoms with Crippen molar-refractivity contribution >= 4 is 18.0 Å². The zero-order chi connectivity index (χ0) is 16.5. The molecule has 1 saturated heterocycles. The number of amides is 2. The largest absolute Gasteiger partial charge is 0.465 e. The van der Waals surface area contributed by atoms with Gasteiger partial charge in [0.15, 0.2) is 0 Å². The van der Waals surface area contributed by atoms with E-state index in [0.29, 0.717) is 38.8 Å². The lowest BCUT2D eigenvalue weighted by Gasteiger charge is -2.41. The molecule has 2 fully saturated rings. The Labute approximate surface area is 130 Å². The molecule has 2 amide bonds. The number of ketones is 1. The Morgan fingerprint density at radius 3 is 2.41 bits per heavy atom. The van der Waals surface area contributed by atoms with E-state index in [2.05, 4.69) is 5.32 Å². The molecule has 1 aliphatic carbocycles. The number of nitrogens with one attached hydrogen (secondary N) is 1. The predicted molar refractivity (Wildman–Crippen MR) is 78.7 cm³/mol. The summed E-state index contributed by atoms with van der Waals surface area (Å²) in [7, 11) is 0. The predicted octanol–water partition coefficient (Wildman–Crippen LogP) is 2.00. The summed E-state index contributed by atoms with van der Waals surface area (Å²) in [5.41, 5.74) is -0.924. The molecular weight excluding hydrogens is 288 g/mol. The van der Waals surface area contributed by atoms with Gasteiger partial charge in [0.05, 0.1) is 0 Å². The molecule has 2 aliphatic rings. The van der Waals surface area contributed by atoms with Crippen LogP contribution in [-0.2, 0) is 9.53 Å². The lowest BCUT2D eigenvalue weighted by Crippen LogP contribution is -2.51. The Kier molecular flexibility index (Phi) is 4.35. The second-order valence-electron chi connectivity index (χ2n) is 7.25. The van der Waals surface area contributed by atoms with E-state index in [4.69, 9.17) is 9.84 Å². The monoisotopic (exact) mass is 312 g/mol. The molecule has 1 saturated carbocycles. The number of piperidine rings is 1. The molecular formula is C15H24N2O5. The number of hydrogen-bond donors (Lipinski definition) is 2. The molecule has 0 aromatic rings. The number of ether oxygens (including phenoxy) is 1. The second-order valence-corrected chi connectivity index (χ2v) is 7.25. The van der Waals surface area contributed by atoms with Gasteiger partial charge in [0.25, 0.3) is 0 Å². The van der Waals surface area contributed by atoms with Crippen molar-refractivity contribution in [2.24, 2.45) is 5.41 Å². The summed E-state index contributed by atoms with van der Waals surface area (Å²) in [6.07, 6.45) is 0.424. The first kappa shape index (κ1) is 16.6. The van der Waals surface area contributed by atoms with Crippen LogP contribution in [0.1, 0.15) is 46.5 Å². The maximum atomic E-state index is 12.0. The number of hydrogen-bond acceptors (Lipinski definition) is 4. The van der Waals surface area contributed by atoms with Crippen LogP contribution in [0.5, 0.6) is 0 Å². The van der Waals surface area contributed by atoms with Gasteiger partial charge >= 0.3 is 12.2 Å². The third kappa shape index (κ3) is 3.69. The van der Waals surface area contributed by atoms with E-state index >= 15 is 0 Å². The molecule has 7 nitrogen and oxygen atoms in total. The number of rotatable bonds is 1. The molecule has 1 atom stereocenters. The number of carbonyl (C=O) groups excluding carboxylic acids is 2. The average molecular weight is 312 g/mol. The van der Waals surface area contributed by atoms with Crippen molar-refractivity contribution in [1.82, 2.24) is 10.2 Å². The Morgan fingerprint density at radius 1 is 1.32 bits per heavy atom. The summed E-state index contributed by atoms with van der Waals surface area (Å²) in [6, 6.07) is -0.272. The van der Waals surface area contributed by atoms with Gasteiger partial charge in [-0.05, 0) is 33.6 Å². The number of carbonyl (C=O) groups is 3. The Bertz CT molecular complexity index is 475. The van der Waals surface area contributed by atoms with Gasteiger partial charge in [0, 0.05) is 37.4 Å². The molecule has 124 valence electrons. The summed E-state index contributed by atoms with van der Waals surface area (Å²) in [5.74, 6) is 0.116. The van der Waals surface area contributed by atoms with Crippen molar-refractivity contribution < 1.29 is 24.2 Å². The van der Waals surface area contributed by atoms with Gasteiger partial charge in [-0.2, -0.15) is 0 Å². The zero-order valence-electron chi connectivity index (χ0n) is 13.3. The van der Waals surface area contributed by atoms with E-state index in [-0.39, 0.29) is 17.2 Å². The minimum absolute atomic E-state index is 0.116. The number of carboxylic acid groups (broad SMARTS) is 1. The molecule has 1 unspecified atom stereocenters. The smallest absolute Gasteiger partial charge is 0.407 e. The topological polar surface area (TPSA) is 95.9 Å². The molecule has 1 aliphatic heterocycles. The molecule has 0 bridgehead atoms. The third-order valence-corrected chi connectivity index (χ3v) is 4.44. The molecule has 22 heavy (non-hydrogen) atoms. The normalized spacial score (nSPS) is 24.4. The number of alkyl carbamates (subject to hydrolysis) is 1. The highest BCUT2D eigenvalue weighted by atomic mass is 16.6. The molecule has 0 radical (unpaired) electrons. The molecule has 2 rings (SSSR count). The molecule has 1 spiro atoms. The van der Waals surface area contributed by atoms with E-state index in [9.17, 15) is 14.4 Å². The Morgan fingerprint density at radius 2 is 1.91 bits per heavy atom. The van der Waals surface area contributed by atoms with Gasteiger partial charge in [0.2, 0.25) is 0 Å². The van der Waals surface area contributed by atoms with Gasteiger partial charge < -0.3 is 20.1 Å². The fraction of sp³-hybridized carbons (Fsp3) is 0.800. The Balaban J connectivity index is 2.02. The first-order valence-corrected chi connectivity index (χ1v) is 7.60. The highest BCUT2D eigenvalue weighted by Crippen LogP contribution is 2.45. The van der Waals surface area contributed by atoms with Crippen molar-refractivity contribution in [3.8, 4) is 0 Å². The van der Waals surface area contributed by atoms with Crippen LogP contribution in [0.3, 0.4) is 0 Å². The van der Waals surface area contributed by atoms with E-state index < -0.39 is 17.8 Å². The first-order valence-electron chi connectivity index (χ1n) is 7.60. The van der Waals surface area contributed by atoms with Gasteiger partial charge in [0.1, 0.15) is 11.4 Å². The molecule has 0 aromatic carbocycles. The minimum atomic E-state index is -0.934. The van der Waals surface area contributed by atoms with Crippen LogP contribution < -0.4 is 5.32 Å². The lowest BCUT2D eigenvalue weighted by molar-refractivity contribution is -0.118. The quantitative estimate of drug-likeness (QED) is 0.772. The zero-order valence-corrected chi connectivity index (χ0v) is 13.3. The third-order valence-electron chi connectivity index (χ3n) is 4.44. The molecule has 2 N–H and O–H groups in total. The second kappa shape index (κ2) is 5.78. The van der Waals surface area contributed by atoms with Crippen molar-refractivity contribution in [3.05, 3.63) is 0 Å². The summed E-state index contributed by atoms with van der Waals surface area (Å²) >= 11 is 0. The molecule has 1 heterocycles. The number of likely N-dealkylation sites (tertiary alicyclic amines) is 1.